The number of allylic oxidation sites excluding steroid dienone is 1. The third-order valence-corrected chi connectivity index (χ3v) is 6.56. The number of aromatic nitrogens is 1. The molecule has 4 nitrogen and oxygen atoms in total. The largest absolute Gasteiger partial charge is 0.394 e. The Morgan fingerprint density at radius 3 is 2.67 bits per heavy atom. The maximum absolute atomic E-state index is 13.8. The third-order valence-electron chi connectivity index (χ3n) is 6.10. The number of likely N-dealkylation sites (tertiary alicyclic amines) is 1. The summed E-state index contributed by atoms with van der Waals surface area (Å²) in [5.41, 5.74) is 1.18. The van der Waals surface area contributed by atoms with Crippen LogP contribution in [0.15, 0.2) is 55.3 Å². The second-order valence-electron chi connectivity index (χ2n) is 8.22. The van der Waals surface area contributed by atoms with E-state index in [9.17, 15) is 9.90 Å². The number of aliphatic hydroxyl groups excluding tert-OH is 1. The van der Waals surface area contributed by atoms with Crippen LogP contribution in [0.25, 0.3) is 0 Å². The first-order valence-electron chi connectivity index (χ1n) is 10.3. The molecule has 4 atom stereocenters. The van der Waals surface area contributed by atoms with E-state index in [0.717, 1.165) is 11.3 Å². The molecule has 0 unspecified atom stereocenters. The average Bonchev–Trinajstić information content (AvgIpc) is 2.73. The number of carbonyl (C=O) groups is 1. The van der Waals surface area contributed by atoms with E-state index >= 15 is 0 Å². The molecule has 3 rings (SSSR count). The van der Waals surface area contributed by atoms with Crippen LogP contribution in [-0.4, -0.2) is 33.5 Å². The Kier molecular flexibility index (Phi) is 7.22. The molecule has 1 fully saturated rings. The van der Waals surface area contributed by atoms with E-state index < -0.39 is 5.41 Å². The van der Waals surface area contributed by atoms with E-state index in [1.54, 1.807) is 18.3 Å². The minimum atomic E-state index is -0.625. The first kappa shape index (κ1) is 22.8. The summed E-state index contributed by atoms with van der Waals surface area (Å²) in [6.45, 7) is 7.73. The number of amides is 1. The summed E-state index contributed by atoms with van der Waals surface area (Å²) in [6, 6.07) is 10.8. The zero-order chi connectivity index (χ0) is 21.9. The number of hydrogen-bond donors (Lipinski definition) is 1. The first-order chi connectivity index (χ1) is 14.3. The van der Waals surface area contributed by atoms with Gasteiger partial charge in [-0.05, 0) is 49.1 Å². The minimum Gasteiger partial charge on any atom is -0.394 e. The van der Waals surface area contributed by atoms with Crippen molar-refractivity contribution in [1.82, 2.24) is 9.88 Å². The maximum Gasteiger partial charge on any atom is 0.229 e. The molecule has 6 heteroatoms. The Morgan fingerprint density at radius 2 is 2.10 bits per heavy atom. The fourth-order valence-corrected chi connectivity index (χ4v) is 4.87. The number of nitrogens with zero attached hydrogens (tertiary/aromatic N) is 2. The molecule has 30 heavy (non-hydrogen) atoms. The normalized spacial score (nSPS) is 25.2. The average molecular weight is 447 g/mol. The van der Waals surface area contributed by atoms with Gasteiger partial charge in [0.15, 0.2) is 0 Å². The summed E-state index contributed by atoms with van der Waals surface area (Å²) >= 11 is 12.4. The standard InChI is InChI=1S/C24H28Cl2N2O2/c1-4-11-24(3)13-20(16-7-6-8-17(25)12-16)22(21-10-9-18(26)14-27-21)28(23(24)30)19(5-2)15-29/h4,6-10,12,14,19-20,22,29H,1,5,11,13,15H2,2-3H3/t19-,20+,22-,24-/m0/s1. The highest BCUT2D eigenvalue weighted by Gasteiger charge is 2.51. The van der Waals surface area contributed by atoms with Gasteiger partial charge < -0.3 is 10.0 Å². The highest BCUT2D eigenvalue weighted by atomic mass is 35.5. The first-order valence-corrected chi connectivity index (χ1v) is 11.0. The number of halogens is 2. The molecule has 160 valence electrons. The molecule has 0 radical (unpaired) electrons. The summed E-state index contributed by atoms with van der Waals surface area (Å²) in [7, 11) is 0. The van der Waals surface area contributed by atoms with Crippen LogP contribution in [0.3, 0.4) is 0 Å². The Balaban J connectivity index is 2.22. The van der Waals surface area contributed by atoms with Gasteiger partial charge >= 0.3 is 0 Å². The summed E-state index contributed by atoms with van der Waals surface area (Å²) in [5.74, 6) is -0.0241. The van der Waals surface area contributed by atoms with Gasteiger partial charge in [-0.3, -0.25) is 9.78 Å². The molecule has 0 bridgehead atoms. The Morgan fingerprint density at radius 1 is 1.33 bits per heavy atom. The monoisotopic (exact) mass is 446 g/mol. The van der Waals surface area contributed by atoms with Gasteiger partial charge in [0.2, 0.25) is 5.91 Å². The van der Waals surface area contributed by atoms with Crippen LogP contribution < -0.4 is 0 Å². The lowest BCUT2D eigenvalue weighted by Gasteiger charge is -2.51. The van der Waals surface area contributed by atoms with Crippen LogP contribution in [0.4, 0.5) is 0 Å². The van der Waals surface area contributed by atoms with E-state index in [2.05, 4.69) is 11.6 Å². The smallest absolute Gasteiger partial charge is 0.229 e. The van der Waals surface area contributed by atoms with E-state index in [1.807, 2.05) is 49.1 Å². The van der Waals surface area contributed by atoms with E-state index in [4.69, 9.17) is 23.2 Å². The molecular weight excluding hydrogens is 419 g/mol. The van der Waals surface area contributed by atoms with Gasteiger partial charge in [-0.15, -0.1) is 6.58 Å². The van der Waals surface area contributed by atoms with Gasteiger partial charge in [-0.1, -0.05) is 55.3 Å². The van der Waals surface area contributed by atoms with Crippen LogP contribution in [0.5, 0.6) is 0 Å². The SMILES string of the molecule is C=CC[C@@]1(C)C[C@H](c2cccc(Cl)c2)[C@@H](c2ccc(Cl)cn2)N([C@@H](CC)CO)C1=O. The second-order valence-corrected chi connectivity index (χ2v) is 9.10. The van der Waals surface area contributed by atoms with E-state index in [-0.39, 0.29) is 30.5 Å². The maximum atomic E-state index is 13.8. The molecule has 1 saturated heterocycles. The van der Waals surface area contributed by atoms with Crippen molar-refractivity contribution in [1.29, 1.82) is 0 Å². The van der Waals surface area contributed by atoms with Crippen LogP contribution in [0.1, 0.15) is 56.3 Å². The van der Waals surface area contributed by atoms with Gasteiger partial charge in [-0.25, -0.2) is 0 Å². The molecule has 0 spiro atoms. The minimum absolute atomic E-state index is 0.0170. The fourth-order valence-electron chi connectivity index (χ4n) is 4.56. The number of carbonyl (C=O) groups excluding carboxylic acids is 1. The third kappa shape index (κ3) is 4.41. The van der Waals surface area contributed by atoms with Gasteiger partial charge in [0, 0.05) is 17.1 Å². The zero-order valence-electron chi connectivity index (χ0n) is 17.4. The van der Waals surface area contributed by atoms with Crippen molar-refractivity contribution in [2.45, 2.75) is 51.1 Å². The van der Waals surface area contributed by atoms with Crippen molar-refractivity contribution >= 4 is 29.1 Å². The number of hydrogen-bond acceptors (Lipinski definition) is 3. The van der Waals surface area contributed by atoms with Gasteiger partial charge in [0.1, 0.15) is 0 Å². The number of rotatable bonds is 7. The van der Waals surface area contributed by atoms with E-state index in [0.29, 0.717) is 29.3 Å². The Hall–Kier alpha value is -1.88. The lowest BCUT2D eigenvalue weighted by molar-refractivity contribution is -0.156. The van der Waals surface area contributed by atoms with Crippen LogP contribution >= 0.6 is 23.2 Å². The molecule has 1 N–H and O–H groups in total. The molecule has 1 amide bonds. The lowest BCUT2D eigenvalue weighted by atomic mass is 9.67. The molecule has 1 aliphatic rings. The van der Waals surface area contributed by atoms with Gasteiger partial charge in [-0.2, -0.15) is 0 Å². The zero-order valence-corrected chi connectivity index (χ0v) is 18.9. The number of pyridine rings is 1. The summed E-state index contributed by atoms with van der Waals surface area (Å²) in [6.07, 6.45) is 5.23. The molecular formula is C24H28Cl2N2O2. The number of piperidine rings is 1. The number of benzene rings is 1. The van der Waals surface area contributed by atoms with Crippen molar-refractivity contribution in [3.63, 3.8) is 0 Å². The molecule has 2 heterocycles. The summed E-state index contributed by atoms with van der Waals surface area (Å²) < 4.78 is 0. The summed E-state index contributed by atoms with van der Waals surface area (Å²) in [5, 5.41) is 11.3. The fraction of sp³-hybridized carbons (Fsp3) is 0.417. The van der Waals surface area contributed by atoms with Gasteiger partial charge in [0.05, 0.1) is 34.8 Å². The molecule has 0 saturated carbocycles. The number of aliphatic hydroxyl groups is 1. The van der Waals surface area contributed by atoms with Crippen molar-refractivity contribution in [2.75, 3.05) is 6.61 Å². The van der Waals surface area contributed by atoms with E-state index in [1.165, 1.54) is 0 Å². The summed E-state index contributed by atoms with van der Waals surface area (Å²) in [4.78, 5) is 20.2. The predicted octanol–water partition coefficient (Wildman–Crippen LogP) is 5.80. The van der Waals surface area contributed by atoms with Crippen LogP contribution in [0, 0.1) is 5.41 Å². The predicted molar refractivity (Wildman–Crippen MR) is 122 cm³/mol. The molecule has 1 aliphatic heterocycles. The molecule has 2 aromatic rings. The highest BCUT2D eigenvalue weighted by molar-refractivity contribution is 6.30. The van der Waals surface area contributed by atoms with Crippen molar-refractivity contribution in [2.24, 2.45) is 5.41 Å². The second kappa shape index (κ2) is 9.51. The Labute approximate surface area is 188 Å². The topological polar surface area (TPSA) is 53.4 Å². The van der Waals surface area contributed by atoms with Crippen LogP contribution in [-0.2, 0) is 4.79 Å². The molecule has 1 aromatic heterocycles. The van der Waals surface area contributed by atoms with Crippen LogP contribution in [0.2, 0.25) is 10.0 Å². The molecule has 1 aromatic carbocycles. The van der Waals surface area contributed by atoms with Crippen molar-refractivity contribution < 1.29 is 9.90 Å². The lowest BCUT2D eigenvalue weighted by Crippen LogP contribution is -2.56. The van der Waals surface area contributed by atoms with Crippen molar-refractivity contribution in [3.8, 4) is 0 Å². The molecule has 0 aliphatic carbocycles. The van der Waals surface area contributed by atoms with Gasteiger partial charge in [0.25, 0.3) is 0 Å². The highest BCUT2D eigenvalue weighted by Crippen LogP contribution is 2.51. The Bertz CT molecular complexity index is 898. The van der Waals surface area contributed by atoms with Crippen molar-refractivity contribution in [3.05, 3.63) is 76.6 Å². The quantitative estimate of drug-likeness (QED) is 0.546.